The molecule has 0 amide bonds. The van der Waals surface area contributed by atoms with Crippen LogP contribution in [0.5, 0.6) is 0 Å². The molecule has 3 rings (SSSR count). The van der Waals surface area contributed by atoms with Crippen molar-refractivity contribution in [2.75, 3.05) is 12.8 Å². The monoisotopic (exact) mass is 324 g/mol. The zero-order valence-corrected chi connectivity index (χ0v) is 14.1. The van der Waals surface area contributed by atoms with E-state index in [0.29, 0.717) is 35.4 Å². The summed E-state index contributed by atoms with van der Waals surface area (Å²) in [7, 11) is 1.46. The lowest BCUT2D eigenvalue weighted by Crippen LogP contribution is -2.32. The van der Waals surface area contributed by atoms with Crippen LogP contribution in [-0.4, -0.2) is 12.9 Å². The Hall–Kier alpha value is -2.74. The van der Waals surface area contributed by atoms with Gasteiger partial charge in [0.05, 0.1) is 13.0 Å². The molecule has 0 saturated heterocycles. The zero-order chi connectivity index (χ0) is 17.5. The highest BCUT2D eigenvalue weighted by atomic mass is 16.7. The van der Waals surface area contributed by atoms with Gasteiger partial charge in [0.25, 0.3) is 5.95 Å². The van der Waals surface area contributed by atoms with Gasteiger partial charge in [0, 0.05) is 24.1 Å². The Morgan fingerprint density at radius 2 is 2.12 bits per heavy atom. The first-order valence-corrected chi connectivity index (χ1v) is 7.84. The first kappa shape index (κ1) is 16.1. The van der Waals surface area contributed by atoms with Gasteiger partial charge in [-0.05, 0) is 23.1 Å². The third kappa shape index (κ3) is 2.65. The number of rotatable bonds is 2. The molecule has 1 aromatic rings. The van der Waals surface area contributed by atoms with E-state index in [-0.39, 0.29) is 17.1 Å². The molecule has 1 atom stereocenters. The fraction of sp³-hybridized carbons (Fsp3) is 0.368. The van der Waals surface area contributed by atoms with E-state index in [0.717, 1.165) is 5.56 Å². The van der Waals surface area contributed by atoms with Crippen molar-refractivity contribution in [3.05, 3.63) is 52.7 Å². The maximum absolute atomic E-state index is 12.8. The van der Waals surface area contributed by atoms with Gasteiger partial charge in [0.15, 0.2) is 5.78 Å². The fourth-order valence-corrected chi connectivity index (χ4v) is 3.45. The third-order valence-corrected chi connectivity index (χ3v) is 4.44. The molecular weight excluding hydrogens is 304 g/mol. The van der Waals surface area contributed by atoms with Gasteiger partial charge in [-0.2, -0.15) is 5.26 Å². The number of allylic oxidation sites excluding steroid dienone is 3. The number of anilines is 1. The lowest BCUT2D eigenvalue weighted by atomic mass is 9.70. The van der Waals surface area contributed by atoms with E-state index in [2.05, 4.69) is 6.07 Å². The molecular formula is C19H20N2O3. The first-order chi connectivity index (χ1) is 11.4. The third-order valence-electron chi connectivity index (χ3n) is 4.44. The van der Waals surface area contributed by atoms with Gasteiger partial charge in [-0.15, -0.1) is 0 Å². The van der Waals surface area contributed by atoms with Crippen molar-refractivity contribution in [1.82, 2.24) is 0 Å². The topological polar surface area (TPSA) is 85.3 Å². The van der Waals surface area contributed by atoms with E-state index in [1.54, 1.807) is 12.1 Å². The Bertz CT molecular complexity index is 812. The van der Waals surface area contributed by atoms with E-state index in [1.165, 1.54) is 7.11 Å². The number of ketones is 1. The number of nitrogens with zero attached hydrogens (tertiary/aromatic N) is 1. The van der Waals surface area contributed by atoms with Gasteiger partial charge in [-0.1, -0.05) is 26.0 Å². The van der Waals surface area contributed by atoms with Crippen LogP contribution in [0.25, 0.3) is 0 Å². The molecule has 0 aromatic heterocycles. The largest absolute Gasteiger partial charge is 0.468 e. The molecule has 2 N–H and O–H groups in total. The van der Waals surface area contributed by atoms with Crippen molar-refractivity contribution in [1.29, 1.82) is 5.26 Å². The smallest absolute Gasteiger partial charge is 0.299 e. The maximum Gasteiger partial charge on any atom is 0.299 e. The minimum atomic E-state index is -0.499. The first-order valence-electron chi connectivity index (χ1n) is 7.84. The van der Waals surface area contributed by atoms with Crippen LogP contribution in [0, 0.1) is 16.7 Å². The lowest BCUT2D eigenvalue weighted by Gasteiger charge is -2.37. The Kier molecular flexibility index (Phi) is 3.84. The molecule has 0 radical (unpaired) electrons. The molecule has 0 bridgehead atoms. The average molecular weight is 324 g/mol. The minimum absolute atomic E-state index is 0.0107. The number of Topliss-reactive ketones (excluding diaryl/α,β-unsaturated/α-hetero) is 1. The number of ether oxygens (including phenoxy) is 2. The molecule has 1 heterocycles. The summed E-state index contributed by atoms with van der Waals surface area (Å²) >= 11 is 0. The summed E-state index contributed by atoms with van der Waals surface area (Å²) in [5.41, 5.74) is 7.96. The van der Waals surface area contributed by atoms with Gasteiger partial charge in [0.1, 0.15) is 17.4 Å². The number of carbonyl (C=O) groups excluding carboxylic acids is 1. The van der Waals surface area contributed by atoms with Gasteiger partial charge in [-0.3, -0.25) is 4.79 Å². The van der Waals surface area contributed by atoms with Crippen molar-refractivity contribution >= 4 is 11.5 Å². The molecule has 5 heteroatoms. The van der Waals surface area contributed by atoms with Crippen LogP contribution < -0.4 is 5.73 Å². The summed E-state index contributed by atoms with van der Waals surface area (Å²) in [6.07, 6.45) is 1.05. The number of nitrogen functional groups attached to an aromatic ring is 1. The average Bonchev–Trinajstić information content (AvgIpc) is 2.51. The Morgan fingerprint density at radius 1 is 1.38 bits per heavy atom. The second-order valence-corrected chi connectivity index (χ2v) is 7.00. The van der Waals surface area contributed by atoms with Gasteiger partial charge >= 0.3 is 0 Å². The second kappa shape index (κ2) is 5.72. The summed E-state index contributed by atoms with van der Waals surface area (Å²) < 4.78 is 11.1. The van der Waals surface area contributed by atoms with Gasteiger partial charge in [-0.25, -0.2) is 0 Å². The summed E-state index contributed by atoms with van der Waals surface area (Å²) in [6.45, 7) is 4.06. The molecule has 1 aliphatic carbocycles. The highest BCUT2D eigenvalue weighted by Crippen LogP contribution is 2.48. The molecule has 1 unspecified atom stereocenters. The quantitative estimate of drug-likeness (QED) is 0.843. The minimum Gasteiger partial charge on any atom is -0.468 e. The highest BCUT2D eigenvalue weighted by Gasteiger charge is 2.43. The summed E-state index contributed by atoms with van der Waals surface area (Å²) in [5, 5.41) is 9.64. The molecule has 124 valence electrons. The Labute approximate surface area is 141 Å². The van der Waals surface area contributed by atoms with E-state index >= 15 is 0 Å². The molecule has 2 aliphatic rings. The van der Waals surface area contributed by atoms with Crippen molar-refractivity contribution in [3.8, 4) is 6.07 Å². The molecule has 24 heavy (non-hydrogen) atoms. The van der Waals surface area contributed by atoms with E-state index in [9.17, 15) is 10.1 Å². The molecule has 0 saturated carbocycles. The van der Waals surface area contributed by atoms with Crippen molar-refractivity contribution in [2.24, 2.45) is 5.41 Å². The molecule has 1 aromatic carbocycles. The highest BCUT2D eigenvalue weighted by molar-refractivity contribution is 6.00. The van der Waals surface area contributed by atoms with E-state index in [4.69, 9.17) is 15.2 Å². The number of benzene rings is 1. The predicted octanol–water partition coefficient (Wildman–Crippen LogP) is 3.41. The summed E-state index contributed by atoms with van der Waals surface area (Å²) in [6, 6.07) is 9.40. The standard InChI is InChI=1S/C19H20N2O3/c1-19(2)8-14(22)17-15(9-19)24-18(23-3)13(10-20)16(17)11-5-4-6-12(21)7-11/h4-7,16H,8-9,21H2,1-3H3. The van der Waals surface area contributed by atoms with Crippen LogP contribution in [-0.2, 0) is 14.3 Å². The van der Waals surface area contributed by atoms with Crippen LogP contribution in [0.2, 0.25) is 0 Å². The normalized spacial score (nSPS) is 22.6. The molecule has 5 nitrogen and oxygen atoms in total. The van der Waals surface area contributed by atoms with Crippen LogP contribution in [0.15, 0.2) is 47.1 Å². The van der Waals surface area contributed by atoms with E-state index in [1.807, 2.05) is 26.0 Å². The van der Waals surface area contributed by atoms with Crippen LogP contribution in [0.3, 0.4) is 0 Å². The zero-order valence-electron chi connectivity index (χ0n) is 14.1. The van der Waals surface area contributed by atoms with Crippen LogP contribution in [0.4, 0.5) is 5.69 Å². The van der Waals surface area contributed by atoms with Crippen LogP contribution in [0.1, 0.15) is 38.2 Å². The molecule has 1 aliphatic heterocycles. The van der Waals surface area contributed by atoms with Crippen LogP contribution >= 0.6 is 0 Å². The number of methoxy groups -OCH3 is 1. The summed E-state index contributed by atoms with van der Waals surface area (Å²) in [5.74, 6) is 0.270. The molecule has 0 fully saturated rings. The molecule has 0 spiro atoms. The van der Waals surface area contributed by atoms with Crippen molar-refractivity contribution in [3.63, 3.8) is 0 Å². The Balaban J connectivity index is 2.21. The maximum atomic E-state index is 12.8. The van der Waals surface area contributed by atoms with Crippen molar-refractivity contribution < 1.29 is 14.3 Å². The number of nitriles is 1. The second-order valence-electron chi connectivity index (χ2n) is 7.00. The SMILES string of the molecule is COC1=C(C#N)C(c2cccc(N)c2)C2=C(CC(C)(C)CC2=O)O1. The number of carbonyl (C=O) groups is 1. The fourth-order valence-electron chi connectivity index (χ4n) is 3.45. The lowest BCUT2D eigenvalue weighted by molar-refractivity contribution is -0.119. The van der Waals surface area contributed by atoms with E-state index < -0.39 is 5.92 Å². The number of hydrogen-bond acceptors (Lipinski definition) is 5. The summed E-state index contributed by atoms with van der Waals surface area (Å²) in [4.78, 5) is 12.8. The van der Waals surface area contributed by atoms with Gasteiger partial charge < -0.3 is 15.2 Å². The van der Waals surface area contributed by atoms with Gasteiger partial charge in [0.2, 0.25) is 0 Å². The number of hydrogen-bond donors (Lipinski definition) is 1. The number of nitrogens with two attached hydrogens (primary N) is 1. The predicted molar refractivity (Wildman–Crippen MR) is 89.4 cm³/mol. The van der Waals surface area contributed by atoms with Crippen molar-refractivity contribution in [2.45, 2.75) is 32.6 Å². The Morgan fingerprint density at radius 3 is 2.75 bits per heavy atom.